The van der Waals surface area contributed by atoms with Gasteiger partial charge < -0.3 is 5.73 Å². The van der Waals surface area contributed by atoms with Gasteiger partial charge in [0.25, 0.3) is 0 Å². The minimum atomic E-state index is -3.32. The van der Waals surface area contributed by atoms with Crippen molar-refractivity contribution in [1.82, 2.24) is 0 Å². The van der Waals surface area contributed by atoms with Crippen LogP contribution in [-0.4, -0.2) is 20.5 Å². The van der Waals surface area contributed by atoms with E-state index in [0.29, 0.717) is 22.5 Å². The lowest BCUT2D eigenvalue weighted by Crippen LogP contribution is -2.09. The predicted molar refractivity (Wildman–Crippen MR) is 83.9 cm³/mol. The number of carbonyl (C=O) groups excluding carboxylic acids is 1. The van der Waals surface area contributed by atoms with Crippen LogP contribution < -0.4 is 10.5 Å². The van der Waals surface area contributed by atoms with Crippen LogP contribution in [0.15, 0.2) is 42.5 Å². The van der Waals surface area contributed by atoms with Gasteiger partial charge >= 0.3 is 0 Å². The molecule has 0 aromatic heterocycles. The van der Waals surface area contributed by atoms with Crippen LogP contribution in [-0.2, 0) is 10.0 Å². The van der Waals surface area contributed by atoms with Crippen LogP contribution in [0.3, 0.4) is 0 Å². The standard InChI is InChI=1S/C15H16N2O3S/c1-10-3-4-12(9-14(10)16)15(18)11-5-7-13(8-6-11)17-21(2,19)20/h3-9,17H,16H2,1-2H3. The summed E-state index contributed by atoms with van der Waals surface area (Å²) >= 11 is 0. The van der Waals surface area contributed by atoms with E-state index in [1.165, 1.54) is 0 Å². The van der Waals surface area contributed by atoms with Crippen molar-refractivity contribution < 1.29 is 13.2 Å². The highest BCUT2D eigenvalue weighted by Crippen LogP contribution is 2.18. The van der Waals surface area contributed by atoms with Gasteiger partial charge in [0.05, 0.1) is 6.26 Å². The summed E-state index contributed by atoms with van der Waals surface area (Å²) in [5, 5.41) is 0. The summed E-state index contributed by atoms with van der Waals surface area (Å²) in [6, 6.07) is 11.4. The van der Waals surface area contributed by atoms with Gasteiger partial charge in [-0.15, -0.1) is 0 Å². The summed E-state index contributed by atoms with van der Waals surface area (Å²) in [6.45, 7) is 1.87. The highest BCUT2D eigenvalue weighted by Gasteiger charge is 2.10. The molecule has 0 spiro atoms. The number of carbonyl (C=O) groups is 1. The first-order chi connectivity index (χ1) is 9.76. The minimum absolute atomic E-state index is 0.160. The van der Waals surface area contributed by atoms with Gasteiger partial charge in [0.15, 0.2) is 5.78 Å². The highest BCUT2D eigenvalue weighted by molar-refractivity contribution is 7.92. The van der Waals surface area contributed by atoms with E-state index in [-0.39, 0.29) is 5.78 Å². The minimum Gasteiger partial charge on any atom is -0.398 e. The number of aryl methyl sites for hydroxylation is 1. The fourth-order valence-corrected chi connectivity index (χ4v) is 2.42. The van der Waals surface area contributed by atoms with Crippen LogP contribution in [0.2, 0.25) is 0 Å². The lowest BCUT2D eigenvalue weighted by atomic mass is 10.0. The van der Waals surface area contributed by atoms with Crippen molar-refractivity contribution in [2.24, 2.45) is 0 Å². The third kappa shape index (κ3) is 3.82. The van der Waals surface area contributed by atoms with Gasteiger partial charge in [-0.2, -0.15) is 0 Å². The molecule has 0 saturated carbocycles. The summed E-state index contributed by atoms with van der Waals surface area (Å²) < 4.78 is 24.6. The van der Waals surface area contributed by atoms with Crippen molar-refractivity contribution >= 4 is 27.2 Å². The number of anilines is 2. The van der Waals surface area contributed by atoms with Gasteiger partial charge in [0.1, 0.15) is 0 Å². The maximum Gasteiger partial charge on any atom is 0.229 e. The van der Waals surface area contributed by atoms with Crippen LogP contribution >= 0.6 is 0 Å². The number of benzene rings is 2. The summed E-state index contributed by atoms with van der Waals surface area (Å²) in [5.41, 5.74) is 8.67. The number of nitrogens with two attached hydrogens (primary N) is 1. The summed E-state index contributed by atoms with van der Waals surface area (Å²) in [6.07, 6.45) is 1.07. The molecule has 3 N–H and O–H groups in total. The second kappa shape index (κ2) is 5.57. The third-order valence-electron chi connectivity index (χ3n) is 2.99. The molecule has 0 atom stereocenters. The van der Waals surface area contributed by atoms with Gasteiger partial charge in [0.2, 0.25) is 10.0 Å². The number of hydrogen-bond acceptors (Lipinski definition) is 4. The van der Waals surface area contributed by atoms with Crippen LogP contribution in [0.25, 0.3) is 0 Å². The van der Waals surface area contributed by atoms with E-state index >= 15 is 0 Å². The molecule has 0 fully saturated rings. The number of nitrogen functional groups attached to an aromatic ring is 1. The third-order valence-corrected chi connectivity index (χ3v) is 3.60. The van der Waals surface area contributed by atoms with E-state index in [0.717, 1.165) is 11.8 Å². The Morgan fingerprint density at radius 2 is 1.62 bits per heavy atom. The average Bonchev–Trinajstić information content (AvgIpc) is 2.40. The first-order valence-electron chi connectivity index (χ1n) is 6.25. The summed E-state index contributed by atoms with van der Waals surface area (Å²) in [7, 11) is -3.32. The number of rotatable bonds is 4. The first kappa shape index (κ1) is 15.1. The molecule has 5 nitrogen and oxygen atoms in total. The Morgan fingerprint density at radius 3 is 2.14 bits per heavy atom. The van der Waals surface area contributed by atoms with Crippen molar-refractivity contribution in [1.29, 1.82) is 0 Å². The lowest BCUT2D eigenvalue weighted by molar-refractivity contribution is 0.103. The molecule has 0 unspecified atom stereocenters. The normalized spacial score (nSPS) is 11.1. The SMILES string of the molecule is Cc1ccc(C(=O)c2ccc(NS(C)(=O)=O)cc2)cc1N. The number of sulfonamides is 1. The molecule has 0 aliphatic heterocycles. The molecule has 21 heavy (non-hydrogen) atoms. The Morgan fingerprint density at radius 1 is 1.05 bits per heavy atom. The largest absolute Gasteiger partial charge is 0.398 e. The van der Waals surface area contributed by atoms with E-state index in [4.69, 9.17) is 5.73 Å². The summed E-state index contributed by atoms with van der Waals surface area (Å²) in [4.78, 5) is 12.3. The molecule has 2 aromatic carbocycles. The molecule has 0 saturated heterocycles. The van der Waals surface area contributed by atoms with Crippen LogP contribution in [0, 0.1) is 6.92 Å². The lowest BCUT2D eigenvalue weighted by Gasteiger charge is -2.07. The Kier molecular flexibility index (Phi) is 3.99. The van der Waals surface area contributed by atoms with Crippen LogP contribution in [0.4, 0.5) is 11.4 Å². The second-order valence-electron chi connectivity index (χ2n) is 4.85. The molecule has 2 aromatic rings. The molecular weight excluding hydrogens is 288 g/mol. The highest BCUT2D eigenvalue weighted by atomic mass is 32.2. The van der Waals surface area contributed by atoms with E-state index in [1.807, 2.05) is 6.92 Å². The van der Waals surface area contributed by atoms with Crippen molar-refractivity contribution in [2.45, 2.75) is 6.92 Å². The molecule has 0 radical (unpaired) electrons. The fraction of sp³-hybridized carbons (Fsp3) is 0.133. The molecule has 110 valence electrons. The van der Waals surface area contributed by atoms with Crippen molar-refractivity contribution in [2.75, 3.05) is 16.7 Å². The zero-order valence-corrected chi connectivity index (χ0v) is 12.6. The van der Waals surface area contributed by atoms with Gasteiger partial charge in [0, 0.05) is 22.5 Å². The zero-order valence-electron chi connectivity index (χ0n) is 11.8. The molecule has 0 aliphatic carbocycles. The quantitative estimate of drug-likeness (QED) is 0.669. The topological polar surface area (TPSA) is 89.3 Å². The van der Waals surface area contributed by atoms with Crippen molar-refractivity contribution in [3.05, 3.63) is 59.2 Å². The van der Waals surface area contributed by atoms with Crippen molar-refractivity contribution in [3.8, 4) is 0 Å². The molecule has 0 heterocycles. The van der Waals surface area contributed by atoms with E-state index in [2.05, 4.69) is 4.72 Å². The van der Waals surface area contributed by atoms with E-state index in [1.54, 1.807) is 42.5 Å². The van der Waals surface area contributed by atoms with Crippen LogP contribution in [0.1, 0.15) is 21.5 Å². The van der Waals surface area contributed by atoms with Gasteiger partial charge in [-0.3, -0.25) is 9.52 Å². The number of ketones is 1. The fourth-order valence-electron chi connectivity index (χ4n) is 1.85. The van der Waals surface area contributed by atoms with E-state index in [9.17, 15) is 13.2 Å². The average molecular weight is 304 g/mol. The maximum absolute atomic E-state index is 12.3. The van der Waals surface area contributed by atoms with Gasteiger partial charge in [-0.1, -0.05) is 12.1 Å². The van der Waals surface area contributed by atoms with Gasteiger partial charge in [-0.05, 0) is 42.8 Å². The maximum atomic E-state index is 12.3. The Hall–Kier alpha value is -2.34. The second-order valence-corrected chi connectivity index (χ2v) is 6.60. The molecule has 0 aliphatic rings. The molecular formula is C15H16N2O3S. The zero-order chi connectivity index (χ0) is 15.6. The Balaban J connectivity index is 2.25. The monoisotopic (exact) mass is 304 g/mol. The molecule has 0 amide bonds. The number of nitrogens with one attached hydrogen (secondary N) is 1. The van der Waals surface area contributed by atoms with Crippen LogP contribution in [0.5, 0.6) is 0 Å². The molecule has 6 heteroatoms. The van der Waals surface area contributed by atoms with E-state index < -0.39 is 10.0 Å². The number of hydrogen-bond donors (Lipinski definition) is 2. The molecule has 2 rings (SSSR count). The Labute approximate surface area is 123 Å². The Bertz CT molecular complexity index is 781. The predicted octanol–water partition coefficient (Wildman–Crippen LogP) is 2.18. The smallest absolute Gasteiger partial charge is 0.229 e. The molecule has 0 bridgehead atoms. The van der Waals surface area contributed by atoms with Crippen molar-refractivity contribution in [3.63, 3.8) is 0 Å². The first-order valence-corrected chi connectivity index (χ1v) is 8.14. The van der Waals surface area contributed by atoms with Gasteiger partial charge in [-0.25, -0.2) is 8.42 Å². The summed E-state index contributed by atoms with van der Waals surface area (Å²) in [5.74, 6) is -0.160.